The first kappa shape index (κ1) is 14.2. The van der Waals surface area contributed by atoms with Crippen LogP contribution in [0.2, 0.25) is 0 Å². The van der Waals surface area contributed by atoms with Gasteiger partial charge in [-0.05, 0) is 25.4 Å². The van der Waals surface area contributed by atoms with Crippen molar-refractivity contribution in [1.29, 1.82) is 0 Å². The van der Waals surface area contributed by atoms with E-state index in [9.17, 15) is 4.79 Å². The largest absolute Gasteiger partial charge is 0.466 e. The van der Waals surface area contributed by atoms with Crippen LogP contribution in [0, 0.1) is 0 Å². The molecule has 0 atom stereocenters. The van der Waals surface area contributed by atoms with Crippen LogP contribution in [-0.2, 0) is 9.53 Å². The molecular formula is C9H15ClO2S2. The Morgan fingerprint density at radius 3 is 2.29 bits per heavy atom. The highest BCUT2D eigenvalue weighted by Crippen LogP contribution is 2.30. The van der Waals surface area contributed by atoms with Crippen LogP contribution in [0.3, 0.4) is 0 Å². The Morgan fingerprint density at radius 2 is 1.93 bits per heavy atom. The van der Waals surface area contributed by atoms with Crippen LogP contribution in [0.25, 0.3) is 0 Å². The van der Waals surface area contributed by atoms with E-state index >= 15 is 0 Å². The third-order valence-electron chi connectivity index (χ3n) is 1.61. The lowest BCUT2D eigenvalue weighted by atomic mass is 10.2. The first-order valence-corrected chi connectivity index (χ1v) is 7.15. The summed E-state index contributed by atoms with van der Waals surface area (Å²) in [4.78, 5) is 11.4. The Labute approximate surface area is 98.8 Å². The molecule has 0 unspecified atom stereocenters. The molecular weight excluding hydrogens is 240 g/mol. The average molecular weight is 255 g/mol. The van der Waals surface area contributed by atoms with Crippen molar-refractivity contribution in [3.05, 3.63) is 9.81 Å². The SMILES string of the molecule is COC(=O)C(CCCCl)=C(SC)SC. The fourth-order valence-electron chi connectivity index (χ4n) is 0.984. The normalized spacial score (nSPS) is 9.71. The third-order valence-corrected chi connectivity index (χ3v) is 4.11. The van der Waals surface area contributed by atoms with Crippen LogP contribution in [0.1, 0.15) is 12.8 Å². The second kappa shape index (κ2) is 8.50. The standard InChI is InChI=1S/C9H15ClO2S2/c1-12-8(11)7(5-4-6-10)9(13-2)14-3/h4-6H2,1-3H3. The number of thioether (sulfide) groups is 2. The van der Waals surface area contributed by atoms with Gasteiger partial charge in [0, 0.05) is 5.88 Å². The smallest absolute Gasteiger partial charge is 0.335 e. The summed E-state index contributed by atoms with van der Waals surface area (Å²) in [5.74, 6) is 0.324. The third kappa shape index (κ3) is 4.62. The Hall–Kier alpha value is 0.200. The lowest BCUT2D eigenvalue weighted by molar-refractivity contribution is -0.136. The quantitative estimate of drug-likeness (QED) is 0.413. The Balaban J connectivity index is 4.66. The van der Waals surface area contributed by atoms with Gasteiger partial charge in [0.15, 0.2) is 0 Å². The summed E-state index contributed by atoms with van der Waals surface area (Å²) in [7, 11) is 1.40. The Bertz CT molecular complexity index is 211. The Kier molecular flexibility index (Phi) is 8.63. The highest BCUT2D eigenvalue weighted by Gasteiger charge is 2.14. The van der Waals surface area contributed by atoms with E-state index in [0.717, 1.165) is 16.2 Å². The van der Waals surface area contributed by atoms with E-state index < -0.39 is 0 Å². The molecule has 0 aromatic carbocycles. The molecule has 2 nitrogen and oxygen atoms in total. The maximum absolute atomic E-state index is 11.4. The molecule has 0 fully saturated rings. The molecule has 5 heteroatoms. The van der Waals surface area contributed by atoms with Crippen molar-refractivity contribution in [2.24, 2.45) is 0 Å². The highest BCUT2D eigenvalue weighted by atomic mass is 35.5. The van der Waals surface area contributed by atoms with E-state index in [4.69, 9.17) is 16.3 Å². The van der Waals surface area contributed by atoms with E-state index in [-0.39, 0.29) is 5.97 Å². The molecule has 0 aliphatic heterocycles. The van der Waals surface area contributed by atoms with E-state index in [2.05, 4.69) is 0 Å². The molecule has 0 bridgehead atoms. The highest BCUT2D eigenvalue weighted by molar-refractivity contribution is 8.21. The van der Waals surface area contributed by atoms with Crippen molar-refractivity contribution >= 4 is 41.1 Å². The average Bonchev–Trinajstić information content (AvgIpc) is 2.23. The first-order valence-electron chi connectivity index (χ1n) is 4.16. The first-order chi connectivity index (χ1) is 6.71. The molecule has 0 amide bonds. The van der Waals surface area contributed by atoms with Gasteiger partial charge in [0.05, 0.1) is 16.9 Å². The summed E-state index contributed by atoms with van der Waals surface area (Å²) in [6, 6.07) is 0. The number of methoxy groups -OCH3 is 1. The molecule has 0 rings (SSSR count). The number of halogens is 1. The maximum atomic E-state index is 11.4. The number of carbonyl (C=O) groups excluding carboxylic acids is 1. The molecule has 0 saturated heterocycles. The molecule has 0 spiro atoms. The van der Waals surface area contributed by atoms with Gasteiger partial charge in [0.25, 0.3) is 0 Å². The van der Waals surface area contributed by atoms with Gasteiger partial charge in [-0.1, -0.05) is 0 Å². The van der Waals surface area contributed by atoms with Crippen LogP contribution in [-0.4, -0.2) is 31.5 Å². The van der Waals surface area contributed by atoms with Crippen molar-refractivity contribution in [2.75, 3.05) is 25.5 Å². The van der Waals surface area contributed by atoms with Crippen LogP contribution in [0.5, 0.6) is 0 Å². The topological polar surface area (TPSA) is 26.3 Å². The number of carbonyl (C=O) groups is 1. The molecule has 0 aromatic heterocycles. The zero-order chi connectivity index (χ0) is 11.0. The minimum absolute atomic E-state index is 0.242. The molecule has 82 valence electrons. The predicted molar refractivity (Wildman–Crippen MR) is 66.0 cm³/mol. The van der Waals surface area contributed by atoms with Crippen molar-refractivity contribution in [1.82, 2.24) is 0 Å². The number of ether oxygens (including phenoxy) is 1. The summed E-state index contributed by atoms with van der Waals surface area (Å²) in [5.41, 5.74) is 0.744. The van der Waals surface area contributed by atoms with Gasteiger partial charge in [-0.25, -0.2) is 4.79 Å². The van der Waals surface area contributed by atoms with Crippen molar-refractivity contribution in [3.8, 4) is 0 Å². The molecule has 0 aliphatic rings. The van der Waals surface area contributed by atoms with Crippen molar-refractivity contribution < 1.29 is 9.53 Å². The predicted octanol–water partition coefficient (Wildman–Crippen LogP) is 3.12. The number of esters is 1. The number of hydrogen-bond donors (Lipinski definition) is 0. The lowest BCUT2D eigenvalue weighted by Gasteiger charge is -2.09. The van der Waals surface area contributed by atoms with Crippen LogP contribution in [0.15, 0.2) is 9.81 Å². The van der Waals surface area contributed by atoms with E-state index in [0.29, 0.717) is 12.3 Å². The van der Waals surface area contributed by atoms with Crippen molar-refractivity contribution in [2.45, 2.75) is 12.8 Å². The van der Waals surface area contributed by atoms with Crippen LogP contribution in [0.4, 0.5) is 0 Å². The molecule has 0 heterocycles. The molecule has 14 heavy (non-hydrogen) atoms. The van der Waals surface area contributed by atoms with Gasteiger partial charge < -0.3 is 4.74 Å². The second-order valence-electron chi connectivity index (χ2n) is 2.46. The van der Waals surface area contributed by atoms with Gasteiger partial charge in [-0.3, -0.25) is 0 Å². The van der Waals surface area contributed by atoms with Crippen LogP contribution >= 0.6 is 35.1 Å². The fourth-order valence-corrected chi connectivity index (χ4v) is 2.65. The summed E-state index contributed by atoms with van der Waals surface area (Å²) < 4.78 is 5.74. The molecule has 0 aliphatic carbocycles. The molecule has 0 N–H and O–H groups in total. The number of alkyl halides is 1. The fraction of sp³-hybridized carbons (Fsp3) is 0.667. The van der Waals surface area contributed by atoms with E-state index in [1.165, 1.54) is 7.11 Å². The van der Waals surface area contributed by atoms with Gasteiger partial charge in [-0.2, -0.15) is 0 Å². The molecule has 0 aromatic rings. The summed E-state index contributed by atoms with van der Waals surface area (Å²) >= 11 is 8.74. The van der Waals surface area contributed by atoms with E-state index in [1.807, 2.05) is 12.5 Å². The summed E-state index contributed by atoms with van der Waals surface area (Å²) in [6.07, 6.45) is 5.40. The summed E-state index contributed by atoms with van der Waals surface area (Å²) in [5, 5.41) is 0. The lowest BCUT2D eigenvalue weighted by Crippen LogP contribution is -2.06. The summed E-state index contributed by atoms with van der Waals surface area (Å²) in [6.45, 7) is 0. The van der Waals surface area contributed by atoms with Crippen molar-refractivity contribution in [3.63, 3.8) is 0 Å². The van der Waals surface area contributed by atoms with Gasteiger partial charge >= 0.3 is 5.97 Å². The number of hydrogen-bond acceptors (Lipinski definition) is 4. The minimum Gasteiger partial charge on any atom is -0.466 e. The Morgan fingerprint density at radius 1 is 1.36 bits per heavy atom. The minimum atomic E-state index is -0.242. The number of rotatable bonds is 6. The maximum Gasteiger partial charge on any atom is 0.335 e. The monoisotopic (exact) mass is 254 g/mol. The van der Waals surface area contributed by atoms with E-state index in [1.54, 1.807) is 23.5 Å². The molecule has 0 radical (unpaired) electrons. The second-order valence-corrected chi connectivity index (χ2v) is 4.73. The van der Waals surface area contributed by atoms with Gasteiger partial charge in [-0.15, -0.1) is 35.1 Å². The van der Waals surface area contributed by atoms with Crippen LogP contribution < -0.4 is 0 Å². The zero-order valence-electron chi connectivity index (χ0n) is 8.63. The zero-order valence-corrected chi connectivity index (χ0v) is 11.0. The van der Waals surface area contributed by atoms with Gasteiger partial charge in [0.1, 0.15) is 0 Å². The molecule has 0 saturated carbocycles. The van der Waals surface area contributed by atoms with Gasteiger partial charge in [0.2, 0.25) is 0 Å².